The van der Waals surface area contributed by atoms with Crippen LogP contribution in [0.15, 0.2) is 205 Å². The standard InChI is InChI=1S/C61H39B4NO/c1-61(2)50-23-9-8-19-47(50)48-22-11-21-45(54(48)61)39-29-32-42(33-30-39)66(59-57(64)55(62)52(56(63)58(59)65)40-27-25-37(26-28-40)36-13-4-3-5-14-36)43-17-10-16-41(35-43)44-20-12-24-51-53(44)49-34-31-38-15-6-7-18-46(38)60(49)67-51/h3-35H,1-2H3. The zero-order chi connectivity index (χ0) is 45.6. The number of fused-ring (bicyclic) bond motifs is 8. The molecule has 1 heterocycles. The first kappa shape index (κ1) is 40.8. The lowest BCUT2D eigenvalue weighted by molar-refractivity contribution is 0.662. The Morgan fingerprint density at radius 1 is 0.418 bits per heavy atom. The fraction of sp³-hybridized carbons (Fsp3) is 0.0492. The number of nitrogens with zero attached hydrogens (tertiary/aromatic N) is 1. The van der Waals surface area contributed by atoms with Crippen LogP contribution in [-0.4, -0.2) is 31.4 Å². The Balaban J connectivity index is 1.02. The molecule has 0 unspecified atom stereocenters. The molecule has 306 valence electrons. The van der Waals surface area contributed by atoms with Gasteiger partial charge in [-0.25, -0.2) is 0 Å². The number of benzene rings is 10. The minimum atomic E-state index is -0.175. The van der Waals surface area contributed by atoms with Crippen molar-refractivity contribution in [2.24, 2.45) is 0 Å². The van der Waals surface area contributed by atoms with E-state index in [9.17, 15) is 0 Å². The fourth-order valence-electron chi connectivity index (χ4n) is 10.7. The van der Waals surface area contributed by atoms with Gasteiger partial charge in [0.1, 0.15) is 42.6 Å². The smallest absolute Gasteiger partial charge is 0.143 e. The fourth-order valence-corrected chi connectivity index (χ4v) is 10.7. The van der Waals surface area contributed by atoms with Crippen LogP contribution in [0.25, 0.3) is 88.3 Å². The van der Waals surface area contributed by atoms with E-state index in [4.69, 9.17) is 35.8 Å². The number of rotatable bonds is 7. The minimum Gasteiger partial charge on any atom is -0.455 e. The van der Waals surface area contributed by atoms with Crippen molar-refractivity contribution < 1.29 is 4.42 Å². The molecule has 0 saturated carbocycles. The quantitative estimate of drug-likeness (QED) is 0.149. The summed E-state index contributed by atoms with van der Waals surface area (Å²) in [7, 11) is 28.7. The van der Waals surface area contributed by atoms with Gasteiger partial charge in [0.25, 0.3) is 0 Å². The molecule has 0 saturated heterocycles. The highest BCUT2D eigenvalue weighted by molar-refractivity contribution is 6.63. The molecule has 1 aliphatic rings. The summed E-state index contributed by atoms with van der Waals surface area (Å²) in [6.07, 6.45) is 0. The maximum atomic E-state index is 7.24. The lowest BCUT2D eigenvalue weighted by Crippen LogP contribution is -2.46. The predicted octanol–water partition coefficient (Wildman–Crippen LogP) is 12.4. The average Bonchev–Trinajstić information content (AvgIpc) is 3.88. The number of anilines is 3. The molecule has 0 atom stereocenters. The predicted molar refractivity (Wildman–Crippen MR) is 287 cm³/mol. The van der Waals surface area contributed by atoms with Gasteiger partial charge in [-0.2, -0.15) is 0 Å². The van der Waals surface area contributed by atoms with Gasteiger partial charge in [0.05, 0.1) is 0 Å². The van der Waals surface area contributed by atoms with Gasteiger partial charge in [0, 0.05) is 38.6 Å². The van der Waals surface area contributed by atoms with E-state index >= 15 is 0 Å². The van der Waals surface area contributed by atoms with E-state index < -0.39 is 0 Å². The van der Waals surface area contributed by atoms with Crippen LogP contribution >= 0.6 is 0 Å². The van der Waals surface area contributed by atoms with Crippen molar-refractivity contribution >= 4 is 103 Å². The first-order chi connectivity index (χ1) is 32.7. The van der Waals surface area contributed by atoms with E-state index in [-0.39, 0.29) is 5.41 Å². The maximum Gasteiger partial charge on any atom is 0.143 e. The van der Waals surface area contributed by atoms with Crippen molar-refractivity contribution in [3.63, 3.8) is 0 Å². The lowest BCUT2D eigenvalue weighted by atomic mass is 9.64. The van der Waals surface area contributed by atoms with Gasteiger partial charge in [-0.1, -0.05) is 199 Å². The van der Waals surface area contributed by atoms with Gasteiger partial charge in [0.15, 0.2) is 0 Å². The molecule has 67 heavy (non-hydrogen) atoms. The van der Waals surface area contributed by atoms with Gasteiger partial charge in [-0.15, -0.1) is 0 Å². The second-order valence-corrected chi connectivity index (χ2v) is 18.1. The molecular weight excluding hydrogens is 806 g/mol. The Bertz CT molecular complexity index is 3730. The Morgan fingerprint density at radius 2 is 1.01 bits per heavy atom. The van der Waals surface area contributed by atoms with E-state index in [1.165, 1.54) is 27.8 Å². The molecule has 12 rings (SSSR count). The number of furan rings is 1. The summed E-state index contributed by atoms with van der Waals surface area (Å²) >= 11 is 0. The molecule has 2 nitrogen and oxygen atoms in total. The largest absolute Gasteiger partial charge is 0.455 e. The third kappa shape index (κ3) is 6.45. The molecule has 10 aromatic carbocycles. The zero-order valence-corrected chi connectivity index (χ0v) is 37.2. The molecule has 8 radical (unpaired) electrons. The van der Waals surface area contributed by atoms with Crippen LogP contribution in [0.1, 0.15) is 25.0 Å². The maximum absolute atomic E-state index is 7.24. The van der Waals surface area contributed by atoms with Crippen molar-refractivity contribution in [1.82, 2.24) is 0 Å². The van der Waals surface area contributed by atoms with Crippen LogP contribution in [-0.2, 0) is 5.41 Å². The van der Waals surface area contributed by atoms with Crippen molar-refractivity contribution in [2.45, 2.75) is 19.3 Å². The number of hydrogen-bond donors (Lipinski definition) is 0. The van der Waals surface area contributed by atoms with Gasteiger partial charge < -0.3 is 9.32 Å². The van der Waals surface area contributed by atoms with Crippen molar-refractivity contribution in [1.29, 1.82) is 0 Å². The Hall–Kier alpha value is -7.68. The van der Waals surface area contributed by atoms with Crippen LogP contribution in [0.5, 0.6) is 0 Å². The summed E-state index contributed by atoms with van der Waals surface area (Å²) in [4.78, 5) is 2.09. The summed E-state index contributed by atoms with van der Waals surface area (Å²) in [6.45, 7) is 4.64. The topological polar surface area (TPSA) is 16.4 Å². The van der Waals surface area contributed by atoms with Gasteiger partial charge in [-0.3, -0.25) is 0 Å². The molecule has 1 aromatic heterocycles. The van der Waals surface area contributed by atoms with E-state index in [1.807, 2.05) is 42.5 Å². The molecule has 6 heteroatoms. The lowest BCUT2D eigenvalue weighted by Gasteiger charge is -2.33. The third-order valence-corrected chi connectivity index (χ3v) is 14.0. The molecule has 0 amide bonds. The highest BCUT2D eigenvalue weighted by atomic mass is 16.3. The van der Waals surface area contributed by atoms with Gasteiger partial charge >= 0.3 is 0 Å². The molecule has 0 bridgehead atoms. The van der Waals surface area contributed by atoms with E-state index in [0.29, 0.717) is 33.1 Å². The molecule has 11 aromatic rings. The SMILES string of the molecule is [B]c1c([B])c(N(c2ccc(-c3cccc4c3C(C)(C)c3ccccc3-4)cc2)c2cccc(-c3cccc4oc5c6ccccc6ccc5c34)c2)c([B])c([B])c1-c1ccc(-c2ccccc2)cc1. The van der Waals surface area contributed by atoms with E-state index in [1.54, 1.807) is 0 Å². The zero-order valence-electron chi connectivity index (χ0n) is 37.2. The third-order valence-electron chi connectivity index (χ3n) is 14.0. The highest BCUT2D eigenvalue weighted by Crippen LogP contribution is 2.52. The first-order valence-electron chi connectivity index (χ1n) is 22.7. The molecule has 0 N–H and O–H groups in total. The number of hydrogen-bond acceptors (Lipinski definition) is 2. The Morgan fingerprint density at radius 3 is 1.81 bits per heavy atom. The summed E-state index contributed by atoms with van der Waals surface area (Å²) in [5, 5.41) is 4.32. The summed E-state index contributed by atoms with van der Waals surface area (Å²) in [6, 6.07) is 69.8. The van der Waals surface area contributed by atoms with Crippen molar-refractivity contribution in [3.05, 3.63) is 211 Å². The molecule has 0 aliphatic heterocycles. The minimum absolute atomic E-state index is 0.175. The average molecular weight is 845 g/mol. The van der Waals surface area contributed by atoms with Crippen molar-refractivity contribution in [2.75, 3.05) is 4.90 Å². The van der Waals surface area contributed by atoms with Crippen LogP contribution in [0.4, 0.5) is 17.1 Å². The van der Waals surface area contributed by atoms with Crippen LogP contribution in [0, 0.1) is 0 Å². The second kappa shape index (κ2) is 15.7. The molecular formula is C61H39B4NO. The summed E-state index contributed by atoms with van der Waals surface area (Å²) in [5.41, 5.74) is 18.3. The van der Waals surface area contributed by atoms with E-state index in [2.05, 4.69) is 176 Å². The van der Waals surface area contributed by atoms with Gasteiger partial charge in [-0.05, 0) is 109 Å². The molecule has 0 fully saturated rings. The molecule has 1 aliphatic carbocycles. The normalized spacial score (nSPS) is 12.7. The summed E-state index contributed by atoms with van der Waals surface area (Å²) < 4.78 is 6.61. The second-order valence-electron chi connectivity index (χ2n) is 18.1. The Kier molecular flexibility index (Phi) is 9.59. The highest BCUT2D eigenvalue weighted by Gasteiger charge is 2.37. The monoisotopic (exact) mass is 845 g/mol. The molecule has 0 spiro atoms. The van der Waals surface area contributed by atoms with Gasteiger partial charge in [0.2, 0.25) is 0 Å². The van der Waals surface area contributed by atoms with Crippen LogP contribution in [0.3, 0.4) is 0 Å². The summed E-state index contributed by atoms with van der Waals surface area (Å²) in [5.74, 6) is 0. The Labute approximate surface area is 396 Å². The first-order valence-corrected chi connectivity index (χ1v) is 22.7. The van der Waals surface area contributed by atoms with E-state index in [0.717, 1.165) is 77.5 Å². The van der Waals surface area contributed by atoms with Crippen molar-refractivity contribution in [3.8, 4) is 55.6 Å². The van der Waals surface area contributed by atoms with Crippen LogP contribution < -0.4 is 26.8 Å². The van der Waals surface area contributed by atoms with Crippen LogP contribution in [0.2, 0.25) is 0 Å².